The molecule has 0 saturated heterocycles. The first-order valence-corrected chi connectivity index (χ1v) is 15.1. The molecule has 1 aliphatic carbocycles. The highest BCUT2D eigenvalue weighted by molar-refractivity contribution is 6.14. The Morgan fingerprint density at radius 3 is 1.37 bits per heavy atom. The molecular weight excluding hydrogens is 516 g/mol. The monoisotopic (exact) mass is 544 g/mol. The highest BCUT2D eigenvalue weighted by Crippen LogP contribution is 2.53. The lowest BCUT2D eigenvalue weighted by molar-refractivity contribution is 1.27. The van der Waals surface area contributed by atoms with Crippen LogP contribution in [0.15, 0.2) is 158 Å². The highest BCUT2D eigenvalue weighted by atomic mass is 14.3. The lowest BCUT2D eigenvalue weighted by Gasteiger charge is -2.23. The Balaban J connectivity index is 1.52. The van der Waals surface area contributed by atoms with Crippen LogP contribution < -0.4 is 0 Å². The van der Waals surface area contributed by atoms with Gasteiger partial charge in [-0.3, -0.25) is 0 Å². The lowest BCUT2D eigenvalue weighted by Crippen LogP contribution is -1.98. The van der Waals surface area contributed by atoms with E-state index in [0.717, 1.165) is 6.42 Å². The van der Waals surface area contributed by atoms with Crippen LogP contribution in [0.25, 0.3) is 76.8 Å². The predicted molar refractivity (Wildman–Crippen MR) is 184 cm³/mol. The minimum absolute atomic E-state index is 0.928. The molecule has 0 nitrogen and oxygen atoms in total. The van der Waals surface area contributed by atoms with Crippen LogP contribution in [0.1, 0.15) is 11.1 Å². The Bertz CT molecular complexity index is 2360. The number of benzene rings is 8. The quantitative estimate of drug-likeness (QED) is 0.207. The molecule has 0 atom stereocenters. The van der Waals surface area contributed by atoms with Crippen molar-refractivity contribution in [1.82, 2.24) is 0 Å². The van der Waals surface area contributed by atoms with E-state index in [1.54, 1.807) is 0 Å². The van der Waals surface area contributed by atoms with Crippen molar-refractivity contribution in [3.05, 3.63) is 169 Å². The van der Waals surface area contributed by atoms with Crippen molar-refractivity contribution in [2.24, 2.45) is 0 Å². The fourth-order valence-electron chi connectivity index (χ4n) is 7.41. The average molecular weight is 545 g/mol. The van der Waals surface area contributed by atoms with Gasteiger partial charge in [0, 0.05) is 0 Å². The second-order valence-electron chi connectivity index (χ2n) is 11.6. The normalized spacial score (nSPS) is 12.1. The molecule has 0 heterocycles. The van der Waals surface area contributed by atoms with Gasteiger partial charge in [0.2, 0.25) is 0 Å². The zero-order valence-electron chi connectivity index (χ0n) is 23.7. The van der Waals surface area contributed by atoms with Crippen LogP contribution in [-0.4, -0.2) is 0 Å². The summed E-state index contributed by atoms with van der Waals surface area (Å²) in [7, 11) is 0. The standard InChI is InChI=1S/C43H28/c1-5-19-32-28(12-1)16-9-23-36(32)41-27-39-35-22-8-4-15-31(35)26-40(39)42(37-24-10-17-29-13-2-6-20-33(29)37)43(41)38-25-11-18-30-14-3-7-21-34(30)38/h1-25,27H,26H2. The second-order valence-corrected chi connectivity index (χ2v) is 11.6. The van der Waals surface area contributed by atoms with Gasteiger partial charge in [-0.25, -0.2) is 0 Å². The number of rotatable bonds is 3. The molecule has 0 amide bonds. The molecule has 1 aliphatic rings. The zero-order valence-corrected chi connectivity index (χ0v) is 23.7. The van der Waals surface area contributed by atoms with E-state index < -0.39 is 0 Å². The fraction of sp³-hybridized carbons (Fsp3) is 0.0233. The molecule has 0 saturated carbocycles. The summed E-state index contributed by atoms with van der Waals surface area (Å²) >= 11 is 0. The Kier molecular flexibility index (Phi) is 5.36. The lowest BCUT2D eigenvalue weighted by atomic mass is 9.79. The van der Waals surface area contributed by atoms with Crippen molar-refractivity contribution >= 4 is 32.3 Å². The molecule has 0 unspecified atom stereocenters. The number of hydrogen-bond donors (Lipinski definition) is 0. The third kappa shape index (κ3) is 3.70. The van der Waals surface area contributed by atoms with E-state index in [0.29, 0.717) is 0 Å². The summed E-state index contributed by atoms with van der Waals surface area (Å²) in [5.41, 5.74) is 13.3. The average Bonchev–Trinajstić information content (AvgIpc) is 3.45. The maximum Gasteiger partial charge on any atom is -0.000705 e. The maximum atomic E-state index is 2.49. The molecule has 200 valence electrons. The summed E-state index contributed by atoms with van der Waals surface area (Å²) in [4.78, 5) is 0. The van der Waals surface area contributed by atoms with Crippen molar-refractivity contribution in [3.8, 4) is 44.5 Å². The molecule has 0 heteroatoms. The maximum absolute atomic E-state index is 2.49. The van der Waals surface area contributed by atoms with E-state index in [9.17, 15) is 0 Å². The molecule has 0 spiro atoms. The Labute approximate surface area is 251 Å². The topological polar surface area (TPSA) is 0 Å². The number of hydrogen-bond acceptors (Lipinski definition) is 0. The molecule has 9 rings (SSSR count). The van der Waals surface area contributed by atoms with Crippen molar-refractivity contribution in [3.63, 3.8) is 0 Å². The van der Waals surface area contributed by atoms with Gasteiger partial charge in [-0.05, 0) is 100 Å². The van der Waals surface area contributed by atoms with E-state index >= 15 is 0 Å². The largest absolute Gasteiger partial charge is 0.0619 e. The summed E-state index contributed by atoms with van der Waals surface area (Å²) in [6.45, 7) is 0. The van der Waals surface area contributed by atoms with E-state index in [-0.39, 0.29) is 0 Å². The predicted octanol–water partition coefficient (Wildman–Crippen LogP) is 11.7. The van der Waals surface area contributed by atoms with Crippen LogP contribution in [0.5, 0.6) is 0 Å². The van der Waals surface area contributed by atoms with Crippen molar-refractivity contribution < 1.29 is 0 Å². The van der Waals surface area contributed by atoms with Crippen LogP contribution >= 0.6 is 0 Å². The molecule has 8 aromatic carbocycles. The third-order valence-electron chi connectivity index (χ3n) is 9.31. The Morgan fingerprint density at radius 1 is 0.302 bits per heavy atom. The van der Waals surface area contributed by atoms with E-state index in [4.69, 9.17) is 0 Å². The van der Waals surface area contributed by atoms with E-state index in [1.165, 1.54) is 88.0 Å². The van der Waals surface area contributed by atoms with Crippen molar-refractivity contribution in [2.45, 2.75) is 6.42 Å². The molecule has 0 radical (unpaired) electrons. The summed E-state index contributed by atoms with van der Waals surface area (Å²) in [6, 6.07) is 58.3. The zero-order chi connectivity index (χ0) is 28.3. The molecule has 43 heavy (non-hydrogen) atoms. The molecule has 0 N–H and O–H groups in total. The van der Waals surface area contributed by atoms with Gasteiger partial charge in [0.05, 0.1) is 0 Å². The Morgan fingerprint density at radius 2 is 0.744 bits per heavy atom. The van der Waals surface area contributed by atoms with Crippen molar-refractivity contribution in [1.29, 1.82) is 0 Å². The third-order valence-corrected chi connectivity index (χ3v) is 9.31. The van der Waals surface area contributed by atoms with Crippen LogP contribution in [0.4, 0.5) is 0 Å². The van der Waals surface area contributed by atoms with Crippen LogP contribution in [0.2, 0.25) is 0 Å². The van der Waals surface area contributed by atoms with Crippen molar-refractivity contribution in [2.75, 3.05) is 0 Å². The first-order valence-electron chi connectivity index (χ1n) is 15.1. The summed E-state index contributed by atoms with van der Waals surface area (Å²) in [5.74, 6) is 0. The molecular formula is C43H28. The SMILES string of the molecule is c1ccc2c(c1)Cc1c-2cc(-c2cccc3ccccc23)c(-c2cccc3ccccc23)c1-c1cccc2ccccc12. The molecule has 8 aromatic rings. The van der Waals surface area contributed by atoms with Crippen LogP contribution in [0, 0.1) is 0 Å². The summed E-state index contributed by atoms with van der Waals surface area (Å²) in [5, 5.41) is 7.64. The van der Waals surface area contributed by atoms with Gasteiger partial charge >= 0.3 is 0 Å². The summed E-state index contributed by atoms with van der Waals surface area (Å²) < 4.78 is 0. The van der Waals surface area contributed by atoms with E-state index in [1.807, 2.05) is 0 Å². The smallest absolute Gasteiger partial charge is 0.000705 e. The van der Waals surface area contributed by atoms with Gasteiger partial charge in [0.25, 0.3) is 0 Å². The van der Waals surface area contributed by atoms with Gasteiger partial charge in [-0.2, -0.15) is 0 Å². The number of fused-ring (bicyclic) bond motifs is 6. The molecule has 0 aromatic heterocycles. The minimum Gasteiger partial charge on any atom is -0.0619 e. The second kappa shape index (κ2) is 9.54. The van der Waals surface area contributed by atoms with Gasteiger partial charge in [0.15, 0.2) is 0 Å². The van der Waals surface area contributed by atoms with Gasteiger partial charge in [0.1, 0.15) is 0 Å². The fourth-order valence-corrected chi connectivity index (χ4v) is 7.41. The first-order chi connectivity index (χ1) is 21.3. The molecule has 0 bridgehead atoms. The minimum atomic E-state index is 0.928. The summed E-state index contributed by atoms with van der Waals surface area (Å²) in [6.07, 6.45) is 0.928. The van der Waals surface area contributed by atoms with Crippen LogP contribution in [-0.2, 0) is 6.42 Å². The van der Waals surface area contributed by atoms with Crippen LogP contribution in [0.3, 0.4) is 0 Å². The molecule has 0 fully saturated rings. The van der Waals surface area contributed by atoms with Gasteiger partial charge < -0.3 is 0 Å². The molecule has 0 aliphatic heterocycles. The Hall–Kier alpha value is -5.46. The highest BCUT2D eigenvalue weighted by Gasteiger charge is 2.29. The van der Waals surface area contributed by atoms with Gasteiger partial charge in [-0.15, -0.1) is 0 Å². The van der Waals surface area contributed by atoms with Gasteiger partial charge in [-0.1, -0.05) is 152 Å². The van der Waals surface area contributed by atoms with E-state index in [2.05, 4.69) is 158 Å². The first kappa shape index (κ1) is 24.2.